The molecule has 0 aliphatic heterocycles. The maximum Gasteiger partial charge on any atom is 0.150 e. The zero-order valence-corrected chi connectivity index (χ0v) is 19.7. The maximum absolute atomic E-state index is 11.7. The summed E-state index contributed by atoms with van der Waals surface area (Å²) in [6.07, 6.45) is 5.69. The van der Waals surface area contributed by atoms with Crippen molar-refractivity contribution in [2.75, 3.05) is 0 Å². The Kier molecular flexibility index (Phi) is 6.50. The van der Waals surface area contributed by atoms with Crippen molar-refractivity contribution < 1.29 is 19.2 Å². The van der Waals surface area contributed by atoms with Gasteiger partial charge in [-0.3, -0.25) is 19.2 Å². The zero-order chi connectivity index (χ0) is 25.1. The topological polar surface area (TPSA) is 68.3 Å². The molecule has 0 heterocycles. The molecule has 0 fully saturated rings. The maximum atomic E-state index is 11.7. The Morgan fingerprint density at radius 1 is 0.306 bits per heavy atom. The van der Waals surface area contributed by atoms with Gasteiger partial charge in [-0.2, -0.15) is 0 Å². The van der Waals surface area contributed by atoms with E-state index in [0.29, 0.717) is 47.9 Å². The molecule has 0 N–H and O–H groups in total. The summed E-state index contributed by atoms with van der Waals surface area (Å²) < 4.78 is 0. The Bertz CT molecular complexity index is 1200. The van der Waals surface area contributed by atoms with E-state index < -0.39 is 0 Å². The quantitative estimate of drug-likeness (QED) is 0.319. The zero-order valence-electron chi connectivity index (χ0n) is 19.7. The summed E-state index contributed by atoms with van der Waals surface area (Å²) in [5.74, 6) is 0. The summed E-state index contributed by atoms with van der Waals surface area (Å²) >= 11 is 0. The molecule has 0 amide bonds. The lowest BCUT2D eigenvalue weighted by Crippen LogP contribution is -2.01. The van der Waals surface area contributed by atoms with Crippen molar-refractivity contribution in [3.63, 3.8) is 0 Å². The monoisotopic (exact) mass is 472 g/mol. The van der Waals surface area contributed by atoms with Crippen molar-refractivity contribution in [2.45, 2.75) is 25.7 Å². The second-order valence-corrected chi connectivity index (χ2v) is 9.51. The van der Waals surface area contributed by atoms with E-state index in [1.165, 1.54) is 0 Å². The Balaban J connectivity index is 1.70. The first kappa shape index (κ1) is 23.3. The van der Waals surface area contributed by atoms with Crippen molar-refractivity contribution in [3.8, 4) is 0 Å². The molecule has 1 aliphatic carbocycles. The van der Waals surface area contributed by atoms with Gasteiger partial charge in [0.05, 0.1) is 0 Å². The third-order valence-electron chi connectivity index (χ3n) is 6.48. The predicted molar refractivity (Wildman–Crippen MR) is 139 cm³/mol. The predicted octanol–water partition coefficient (Wildman–Crippen LogP) is 5.61. The number of hydrogen-bond donors (Lipinski definition) is 0. The summed E-state index contributed by atoms with van der Waals surface area (Å²) in [5, 5.41) is 0. The first-order valence-corrected chi connectivity index (χ1v) is 11.9. The number of carbonyl (C=O) groups excluding carboxylic acids is 4. The van der Waals surface area contributed by atoms with Crippen LogP contribution in [0.1, 0.15) is 85.9 Å². The van der Waals surface area contributed by atoms with Crippen LogP contribution in [0.5, 0.6) is 0 Å². The molecule has 0 saturated heterocycles. The number of hydrogen-bond acceptors (Lipinski definition) is 4. The summed E-state index contributed by atoms with van der Waals surface area (Å²) in [7, 11) is 0. The minimum atomic E-state index is 0.572. The lowest BCUT2D eigenvalue weighted by atomic mass is 9.91. The van der Waals surface area contributed by atoms with E-state index in [1.807, 2.05) is 48.5 Å². The standard InChI is InChI=1S/C32H24O4/c33-17-29-9-21-1-22(10-29)6-24-3-26(14-31(12-24)19-35)8-28-4-27(15-32(16-28)20-36)7-25-2-23(5-21)11-30(13-25)18-34/h1-4,9-20H,5-8H2. The Hall–Kier alpha value is -4.44. The number of benzene rings is 4. The molecule has 4 aromatic carbocycles. The molecule has 36 heavy (non-hydrogen) atoms. The average molecular weight is 473 g/mol. The first-order chi connectivity index (χ1) is 17.5. The van der Waals surface area contributed by atoms with Crippen LogP contribution in [0.15, 0.2) is 72.8 Å². The molecular weight excluding hydrogens is 448 g/mol. The van der Waals surface area contributed by atoms with E-state index in [1.54, 1.807) is 0 Å². The van der Waals surface area contributed by atoms with Crippen molar-refractivity contribution in [1.29, 1.82) is 0 Å². The third kappa shape index (κ3) is 5.28. The molecule has 1 aliphatic rings. The SMILES string of the molecule is O=Cc1cc2cc(c1)Cc1cc(C=O)cc(c1)Cc1cc(C=O)cc(c1)Cc1cc(C=O)cc(c1)C2. The van der Waals surface area contributed by atoms with Crippen LogP contribution in [-0.2, 0) is 25.7 Å². The fraction of sp³-hybridized carbons (Fsp3) is 0.125. The van der Waals surface area contributed by atoms with E-state index in [4.69, 9.17) is 0 Å². The first-order valence-electron chi connectivity index (χ1n) is 11.9. The minimum absolute atomic E-state index is 0.572. The van der Waals surface area contributed by atoms with Crippen LogP contribution in [0.2, 0.25) is 0 Å². The van der Waals surface area contributed by atoms with Crippen molar-refractivity contribution >= 4 is 25.1 Å². The van der Waals surface area contributed by atoms with E-state index >= 15 is 0 Å². The molecule has 0 atom stereocenters. The molecule has 4 heteroatoms. The highest BCUT2D eigenvalue weighted by atomic mass is 16.1. The van der Waals surface area contributed by atoms with Crippen LogP contribution in [0, 0.1) is 0 Å². The van der Waals surface area contributed by atoms with Gasteiger partial charge >= 0.3 is 0 Å². The highest BCUT2D eigenvalue weighted by Crippen LogP contribution is 2.24. The average Bonchev–Trinajstić information content (AvgIpc) is 2.87. The Labute approximate surface area is 209 Å². The lowest BCUT2D eigenvalue weighted by molar-refractivity contribution is 0.111. The normalized spacial score (nSPS) is 12.4. The number of carbonyl (C=O) groups is 4. The molecule has 176 valence electrons. The van der Waals surface area contributed by atoms with Crippen LogP contribution in [0.3, 0.4) is 0 Å². The lowest BCUT2D eigenvalue weighted by Gasteiger charge is -2.14. The van der Waals surface area contributed by atoms with Crippen LogP contribution in [-0.4, -0.2) is 25.1 Å². The summed E-state index contributed by atoms with van der Waals surface area (Å²) in [6, 6.07) is 23.3. The van der Waals surface area contributed by atoms with Crippen molar-refractivity contribution in [2.24, 2.45) is 0 Å². The molecule has 4 nitrogen and oxygen atoms in total. The molecule has 8 bridgehead atoms. The molecule has 4 aromatic rings. The second-order valence-electron chi connectivity index (χ2n) is 9.51. The number of aldehydes is 4. The molecule has 0 unspecified atom stereocenters. The van der Waals surface area contributed by atoms with Gasteiger partial charge in [-0.05, 0) is 119 Å². The summed E-state index contributed by atoms with van der Waals surface area (Å²) in [6.45, 7) is 0. The summed E-state index contributed by atoms with van der Waals surface area (Å²) in [5.41, 5.74) is 10.2. The van der Waals surface area contributed by atoms with Gasteiger partial charge in [-0.25, -0.2) is 0 Å². The third-order valence-corrected chi connectivity index (χ3v) is 6.48. The number of rotatable bonds is 4. The van der Waals surface area contributed by atoms with Crippen LogP contribution >= 0.6 is 0 Å². The van der Waals surface area contributed by atoms with Crippen LogP contribution in [0.25, 0.3) is 0 Å². The van der Waals surface area contributed by atoms with Gasteiger partial charge in [-0.15, -0.1) is 0 Å². The second kappa shape index (κ2) is 10.0. The molecular formula is C32H24O4. The highest BCUT2D eigenvalue weighted by Gasteiger charge is 2.11. The van der Waals surface area contributed by atoms with Crippen LogP contribution < -0.4 is 0 Å². The molecule has 0 radical (unpaired) electrons. The van der Waals surface area contributed by atoms with E-state index in [-0.39, 0.29) is 0 Å². The molecule has 0 spiro atoms. The van der Waals surface area contributed by atoms with Gasteiger partial charge in [0.2, 0.25) is 0 Å². The fourth-order valence-electron chi connectivity index (χ4n) is 5.20. The van der Waals surface area contributed by atoms with Crippen LogP contribution in [0.4, 0.5) is 0 Å². The Morgan fingerprint density at radius 2 is 0.472 bits per heavy atom. The van der Waals surface area contributed by atoms with Gasteiger partial charge in [0.15, 0.2) is 0 Å². The Morgan fingerprint density at radius 3 is 0.611 bits per heavy atom. The molecule has 0 saturated carbocycles. The highest BCUT2D eigenvalue weighted by molar-refractivity contribution is 5.78. The van der Waals surface area contributed by atoms with Gasteiger partial charge in [0, 0.05) is 22.3 Å². The van der Waals surface area contributed by atoms with Gasteiger partial charge in [0.25, 0.3) is 0 Å². The molecule has 0 aromatic heterocycles. The van der Waals surface area contributed by atoms with Crippen molar-refractivity contribution in [1.82, 2.24) is 0 Å². The van der Waals surface area contributed by atoms with Gasteiger partial charge < -0.3 is 0 Å². The fourth-order valence-corrected chi connectivity index (χ4v) is 5.20. The largest absolute Gasteiger partial charge is 0.298 e. The smallest absolute Gasteiger partial charge is 0.150 e. The summed E-state index contributed by atoms with van der Waals surface area (Å²) in [4.78, 5) is 46.8. The van der Waals surface area contributed by atoms with E-state index in [9.17, 15) is 19.2 Å². The number of fused-ring (bicyclic) bond motifs is 8. The van der Waals surface area contributed by atoms with E-state index in [2.05, 4.69) is 24.3 Å². The van der Waals surface area contributed by atoms with Gasteiger partial charge in [-0.1, -0.05) is 24.3 Å². The van der Waals surface area contributed by atoms with Crippen molar-refractivity contribution in [3.05, 3.63) is 140 Å². The molecule has 5 rings (SSSR count). The van der Waals surface area contributed by atoms with E-state index in [0.717, 1.165) is 69.7 Å². The van der Waals surface area contributed by atoms with Gasteiger partial charge in [0.1, 0.15) is 25.1 Å². The minimum Gasteiger partial charge on any atom is -0.298 e.